The summed E-state index contributed by atoms with van der Waals surface area (Å²) >= 11 is 0. The van der Waals surface area contributed by atoms with E-state index in [9.17, 15) is 0 Å². The molecule has 0 saturated carbocycles. The van der Waals surface area contributed by atoms with Gasteiger partial charge in [0.25, 0.3) is 0 Å². The Balaban J connectivity index is 1.41. The number of hydrogen-bond donors (Lipinski definition) is 0. The van der Waals surface area contributed by atoms with E-state index in [0.717, 1.165) is 36.1 Å². The number of nitrogens with zero attached hydrogens (tertiary/aromatic N) is 2. The molecule has 200 valence electrons. The summed E-state index contributed by atoms with van der Waals surface area (Å²) in [5, 5.41) is 6.56. The van der Waals surface area contributed by atoms with Crippen LogP contribution in [0.25, 0.3) is 32.4 Å². The van der Waals surface area contributed by atoms with Crippen LogP contribution in [0.1, 0.15) is 30.1 Å². The van der Waals surface area contributed by atoms with Crippen molar-refractivity contribution in [3.05, 3.63) is 128 Å². The minimum Gasteiger partial charge on any atom is -0.363 e. The number of fused-ring (bicyclic) bond motifs is 6. The highest BCUT2D eigenvalue weighted by molar-refractivity contribution is 6.02. The van der Waals surface area contributed by atoms with Gasteiger partial charge in [0.2, 0.25) is 0 Å². The number of aromatic nitrogens is 1. The number of quaternary nitrogens is 1. The van der Waals surface area contributed by atoms with Crippen LogP contribution in [-0.4, -0.2) is 35.2 Å². The molecule has 0 spiro atoms. The van der Waals surface area contributed by atoms with Gasteiger partial charge < -0.3 is 9.22 Å². The summed E-state index contributed by atoms with van der Waals surface area (Å²) in [5.74, 6) is 1.18. The van der Waals surface area contributed by atoms with Crippen LogP contribution in [0.4, 0.5) is 0 Å². The number of para-hydroxylation sites is 1. The third-order valence-electron chi connectivity index (χ3n) is 9.76. The van der Waals surface area contributed by atoms with Crippen molar-refractivity contribution in [1.82, 2.24) is 4.98 Å². The first-order valence-corrected chi connectivity index (χ1v) is 14.6. The molecule has 3 fully saturated rings. The minimum absolute atomic E-state index is 0.0410. The monoisotopic (exact) mass is 525 g/mol. The Bertz CT molecular complexity index is 1670. The summed E-state index contributed by atoms with van der Waals surface area (Å²) in [5.41, 5.74) is 3.74. The molecule has 0 radical (unpaired) electrons. The molecule has 40 heavy (non-hydrogen) atoms. The fraction of sp³-hybridized carbons (Fsp3) is 0.270. The van der Waals surface area contributed by atoms with E-state index >= 15 is 0 Å². The number of benzene rings is 4. The molecule has 2 unspecified atom stereocenters. The van der Waals surface area contributed by atoms with Gasteiger partial charge in [-0.25, -0.2) is 0 Å². The Kier molecular flexibility index (Phi) is 6.50. The zero-order valence-corrected chi connectivity index (χ0v) is 23.1. The van der Waals surface area contributed by atoms with Crippen molar-refractivity contribution in [1.29, 1.82) is 0 Å². The highest BCUT2D eigenvalue weighted by atomic mass is 16.5. The van der Waals surface area contributed by atoms with Gasteiger partial charge in [0.15, 0.2) is 0 Å². The molecule has 3 aliphatic heterocycles. The second-order valence-electron chi connectivity index (χ2n) is 11.8. The third-order valence-corrected chi connectivity index (χ3v) is 9.76. The number of ether oxygens (including phenoxy) is 1. The Labute approximate surface area is 237 Å². The Morgan fingerprint density at radius 1 is 0.900 bits per heavy atom. The quantitative estimate of drug-likeness (QED) is 0.115. The first-order valence-electron chi connectivity index (χ1n) is 14.6. The smallest absolute Gasteiger partial charge is 0.135 e. The van der Waals surface area contributed by atoms with Crippen LogP contribution >= 0.6 is 0 Å². The molecule has 4 aromatic carbocycles. The lowest BCUT2D eigenvalue weighted by Crippen LogP contribution is -2.67. The van der Waals surface area contributed by atoms with Crippen molar-refractivity contribution in [3.63, 3.8) is 0 Å². The molecular weight excluding hydrogens is 488 g/mol. The summed E-state index contributed by atoms with van der Waals surface area (Å²) in [6, 6.07) is 31.2. The van der Waals surface area contributed by atoms with Crippen LogP contribution in [0.15, 0.2) is 116 Å². The summed E-state index contributed by atoms with van der Waals surface area (Å²) in [7, 11) is 0. The fourth-order valence-corrected chi connectivity index (χ4v) is 7.90. The molecule has 8 rings (SSSR count). The molecule has 5 aromatic rings. The van der Waals surface area contributed by atoms with E-state index in [2.05, 4.69) is 109 Å². The normalized spacial score (nSPS) is 24.9. The van der Waals surface area contributed by atoms with Crippen molar-refractivity contribution in [2.45, 2.75) is 31.5 Å². The fourth-order valence-electron chi connectivity index (χ4n) is 7.90. The largest absolute Gasteiger partial charge is 0.363 e. The van der Waals surface area contributed by atoms with Gasteiger partial charge in [-0.3, -0.25) is 4.98 Å². The first-order chi connectivity index (χ1) is 19.7. The minimum atomic E-state index is -0.0410. The molecule has 0 aliphatic carbocycles. The number of rotatable bonds is 8. The van der Waals surface area contributed by atoms with Crippen molar-refractivity contribution >= 4 is 32.4 Å². The molecule has 0 N–H and O–H groups in total. The van der Waals surface area contributed by atoms with Gasteiger partial charge in [0.05, 0.1) is 25.2 Å². The maximum Gasteiger partial charge on any atom is 0.135 e. The second kappa shape index (κ2) is 10.3. The topological polar surface area (TPSA) is 22.1 Å². The molecule has 4 heterocycles. The summed E-state index contributed by atoms with van der Waals surface area (Å²) in [4.78, 5) is 4.68. The van der Waals surface area contributed by atoms with Crippen molar-refractivity contribution in [2.75, 3.05) is 19.7 Å². The van der Waals surface area contributed by atoms with Gasteiger partial charge in [-0.2, -0.15) is 0 Å². The highest BCUT2D eigenvalue weighted by Gasteiger charge is 2.54. The lowest BCUT2D eigenvalue weighted by Gasteiger charge is -2.58. The second-order valence-corrected chi connectivity index (χ2v) is 11.8. The van der Waals surface area contributed by atoms with Crippen LogP contribution in [0.2, 0.25) is 0 Å². The predicted octanol–water partition coefficient (Wildman–Crippen LogP) is 8.40. The molecule has 2 bridgehead atoms. The molecule has 3 nitrogen and oxygen atoms in total. The zero-order chi connectivity index (χ0) is 27.1. The molecular formula is C37H37N2O+. The number of pyridine rings is 1. The van der Waals surface area contributed by atoms with E-state index in [1.807, 2.05) is 12.3 Å². The average Bonchev–Trinajstić information content (AvgIpc) is 3.01. The van der Waals surface area contributed by atoms with Crippen molar-refractivity contribution < 1.29 is 9.22 Å². The molecule has 0 amide bonds. The van der Waals surface area contributed by atoms with E-state index in [-0.39, 0.29) is 6.10 Å². The maximum atomic E-state index is 6.80. The van der Waals surface area contributed by atoms with Crippen molar-refractivity contribution in [3.8, 4) is 0 Å². The van der Waals surface area contributed by atoms with Gasteiger partial charge >= 0.3 is 0 Å². The summed E-state index contributed by atoms with van der Waals surface area (Å²) in [6.45, 7) is 12.1. The van der Waals surface area contributed by atoms with Gasteiger partial charge in [-0.1, -0.05) is 78.9 Å². The van der Waals surface area contributed by atoms with Crippen LogP contribution < -0.4 is 0 Å². The first kappa shape index (κ1) is 25.2. The van der Waals surface area contributed by atoms with Crippen LogP contribution in [0.3, 0.4) is 0 Å². The Hall–Kier alpha value is -3.79. The summed E-state index contributed by atoms with van der Waals surface area (Å²) in [6.07, 6.45) is 8.41. The third kappa shape index (κ3) is 4.16. The molecule has 3 saturated heterocycles. The van der Waals surface area contributed by atoms with E-state index in [0.29, 0.717) is 24.5 Å². The molecule has 1 aromatic heterocycles. The van der Waals surface area contributed by atoms with Crippen LogP contribution in [-0.2, 0) is 11.3 Å². The summed E-state index contributed by atoms with van der Waals surface area (Å²) < 4.78 is 7.81. The van der Waals surface area contributed by atoms with Gasteiger partial charge in [-0.15, -0.1) is 13.2 Å². The van der Waals surface area contributed by atoms with Crippen molar-refractivity contribution in [2.24, 2.45) is 11.8 Å². The van der Waals surface area contributed by atoms with E-state index in [4.69, 9.17) is 4.74 Å². The zero-order valence-electron chi connectivity index (χ0n) is 23.1. The Morgan fingerprint density at radius 3 is 2.33 bits per heavy atom. The molecule has 5 atom stereocenters. The Morgan fingerprint density at radius 2 is 1.60 bits per heavy atom. The standard InChI is InChI=1S/C37H37N2O/c1-3-21-40-37(33-17-19-38-35-16-10-9-15-32(33)35)36-23-27-18-20-39(36,24-26(27)4-2)25-34-30-13-7-5-11-28(30)22-29-12-6-8-14-31(29)34/h3-17,19,22,26-27,36-37H,1-2,18,20-21,23-25H2/q+1/t26-,27-,36?,37-,39?/m0/s1. The SMILES string of the molecule is C=CCO[C@@H](c1ccnc2ccccc12)C1C[C@@H]2CC[N+]1(Cc1c3ccccc3cc3ccccc13)C[C@@H]2C=C. The van der Waals surface area contributed by atoms with Crippen LogP contribution in [0, 0.1) is 11.8 Å². The van der Waals surface area contributed by atoms with Gasteiger partial charge in [-0.05, 0) is 51.2 Å². The van der Waals surface area contributed by atoms with E-state index in [1.54, 1.807) is 0 Å². The van der Waals surface area contributed by atoms with Crippen LogP contribution in [0.5, 0.6) is 0 Å². The van der Waals surface area contributed by atoms with Gasteiger partial charge in [0.1, 0.15) is 18.7 Å². The number of piperidine rings is 3. The molecule has 3 heteroatoms. The van der Waals surface area contributed by atoms with Gasteiger partial charge in [0, 0.05) is 35.9 Å². The average molecular weight is 526 g/mol. The lowest BCUT2D eigenvalue weighted by molar-refractivity contribution is -0.984. The number of hydrogen-bond acceptors (Lipinski definition) is 2. The predicted molar refractivity (Wildman–Crippen MR) is 166 cm³/mol. The lowest BCUT2D eigenvalue weighted by atomic mass is 9.70. The van der Waals surface area contributed by atoms with E-state index < -0.39 is 0 Å². The van der Waals surface area contributed by atoms with E-state index in [1.165, 1.54) is 44.5 Å². The maximum absolute atomic E-state index is 6.80. The highest BCUT2D eigenvalue weighted by Crippen LogP contribution is 2.50. The molecule has 3 aliphatic rings.